The minimum absolute atomic E-state index is 0.0871. The summed E-state index contributed by atoms with van der Waals surface area (Å²) in [6, 6.07) is 4.64. The van der Waals surface area contributed by atoms with Crippen molar-refractivity contribution in [1.29, 1.82) is 0 Å². The van der Waals surface area contributed by atoms with Crippen LogP contribution in [0, 0.1) is 17.0 Å². The van der Waals surface area contributed by atoms with Crippen LogP contribution in [-0.2, 0) is 0 Å². The molecule has 0 saturated heterocycles. The van der Waals surface area contributed by atoms with Gasteiger partial charge in [-0.2, -0.15) is 9.67 Å². The first-order valence-electron chi connectivity index (χ1n) is 4.62. The van der Waals surface area contributed by atoms with Gasteiger partial charge in [0.2, 0.25) is 5.95 Å². The second-order valence-corrected chi connectivity index (χ2v) is 4.23. The van der Waals surface area contributed by atoms with E-state index in [1.807, 2.05) is 0 Å². The number of halogens is 1. The molecule has 7 nitrogen and oxygen atoms in total. The van der Waals surface area contributed by atoms with Crippen molar-refractivity contribution in [3.8, 4) is 5.69 Å². The minimum atomic E-state index is -0.490. The number of nitrogens with two attached hydrogens (primary N) is 1. The zero-order valence-electron chi connectivity index (χ0n) is 8.79. The molecule has 17 heavy (non-hydrogen) atoms. The Bertz CT molecular complexity index is 595. The zero-order valence-corrected chi connectivity index (χ0v) is 10.4. The monoisotopic (exact) mass is 297 g/mol. The molecule has 0 aliphatic carbocycles. The van der Waals surface area contributed by atoms with E-state index in [1.54, 1.807) is 19.1 Å². The number of benzene rings is 1. The fourth-order valence-electron chi connectivity index (χ4n) is 1.43. The van der Waals surface area contributed by atoms with E-state index < -0.39 is 4.92 Å². The second-order valence-electron chi connectivity index (χ2n) is 3.32. The molecule has 0 bridgehead atoms. The van der Waals surface area contributed by atoms with Crippen LogP contribution < -0.4 is 5.73 Å². The van der Waals surface area contributed by atoms with Crippen molar-refractivity contribution in [2.24, 2.45) is 0 Å². The van der Waals surface area contributed by atoms with Gasteiger partial charge in [0.15, 0.2) is 0 Å². The summed E-state index contributed by atoms with van der Waals surface area (Å²) in [7, 11) is 0. The Morgan fingerprint density at radius 2 is 2.24 bits per heavy atom. The molecule has 0 radical (unpaired) electrons. The van der Waals surface area contributed by atoms with Crippen LogP contribution in [0.5, 0.6) is 0 Å². The van der Waals surface area contributed by atoms with E-state index >= 15 is 0 Å². The van der Waals surface area contributed by atoms with Crippen molar-refractivity contribution in [1.82, 2.24) is 14.8 Å². The quantitative estimate of drug-likeness (QED) is 0.673. The number of nitro groups is 1. The Balaban J connectivity index is 2.67. The molecule has 0 fully saturated rings. The number of aromatic nitrogens is 3. The average molecular weight is 298 g/mol. The maximum atomic E-state index is 10.9. The van der Waals surface area contributed by atoms with Gasteiger partial charge in [0.25, 0.3) is 5.69 Å². The largest absolute Gasteiger partial charge is 0.368 e. The zero-order chi connectivity index (χ0) is 12.6. The van der Waals surface area contributed by atoms with Gasteiger partial charge in [0, 0.05) is 10.5 Å². The smallest absolute Gasteiger partial charge is 0.296 e. The molecular weight excluding hydrogens is 290 g/mol. The first-order chi connectivity index (χ1) is 7.99. The molecule has 0 unspecified atom stereocenters. The highest BCUT2D eigenvalue weighted by Crippen LogP contribution is 2.27. The number of aryl methyl sites for hydroxylation is 1. The normalized spacial score (nSPS) is 10.5. The predicted octanol–water partition coefficient (Wildman–Crippen LogP) is 1.83. The molecule has 0 aliphatic rings. The van der Waals surface area contributed by atoms with Crippen molar-refractivity contribution < 1.29 is 4.92 Å². The van der Waals surface area contributed by atoms with Crippen molar-refractivity contribution in [3.05, 3.63) is 38.6 Å². The van der Waals surface area contributed by atoms with Crippen LogP contribution in [0.15, 0.2) is 22.7 Å². The number of rotatable bonds is 2. The maximum Gasteiger partial charge on any atom is 0.296 e. The lowest BCUT2D eigenvalue weighted by Crippen LogP contribution is -2.05. The molecule has 88 valence electrons. The molecule has 0 aliphatic heterocycles. The third kappa shape index (κ3) is 2.11. The van der Waals surface area contributed by atoms with E-state index in [0.29, 0.717) is 10.3 Å². The van der Waals surface area contributed by atoms with Crippen molar-refractivity contribution in [3.63, 3.8) is 0 Å². The number of anilines is 1. The van der Waals surface area contributed by atoms with Crippen molar-refractivity contribution >= 4 is 27.6 Å². The molecular formula is C9H8BrN5O2. The molecule has 2 N–H and O–H groups in total. The van der Waals surface area contributed by atoms with Gasteiger partial charge in [0.05, 0.1) is 4.92 Å². The number of nitrogen functional groups attached to an aromatic ring is 1. The second kappa shape index (κ2) is 4.13. The fourth-order valence-corrected chi connectivity index (χ4v) is 1.78. The van der Waals surface area contributed by atoms with E-state index in [-0.39, 0.29) is 17.3 Å². The number of hydrogen-bond donors (Lipinski definition) is 1. The van der Waals surface area contributed by atoms with Gasteiger partial charge in [-0.25, -0.2) is 0 Å². The van der Waals surface area contributed by atoms with Crippen molar-refractivity contribution in [2.45, 2.75) is 6.92 Å². The predicted molar refractivity (Wildman–Crippen MR) is 64.9 cm³/mol. The van der Waals surface area contributed by atoms with Crippen LogP contribution in [-0.4, -0.2) is 19.7 Å². The number of nitro benzene ring substituents is 1. The Kier molecular flexibility index (Phi) is 2.80. The van der Waals surface area contributed by atoms with Gasteiger partial charge in [-0.1, -0.05) is 15.9 Å². The molecule has 0 spiro atoms. The molecule has 1 aromatic heterocycles. The molecule has 2 aromatic rings. The third-order valence-electron chi connectivity index (χ3n) is 2.10. The lowest BCUT2D eigenvalue weighted by atomic mass is 10.3. The topological polar surface area (TPSA) is 99.9 Å². The van der Waals surface area contributed by atoms with Crippen LogP contribution in [0.1, 0.15) is 5.82 Å². The summed E-state index contributed by atoms with van der Waals surface area (Å²) in [5, 5.41) is 15.0. The summed E-state index contributed by atoms with van der Waals surface area (Å²) >= 11 is 3.18. The number of hydrogen-bond acceptors (Lipinski definition) is 5. The average Bonchev–Trinajstić information content (AvgIpc) is 2.57. The maximum absolute atomic E-state index is 10.9. The Labute approximate surface area is 105 Å². The molecule has 1 aromatic carbocycles. The van der Waals surface area contributed by atoms with E-state index in [1.165, 1.54) is 10.7 Å². The highest BCUT2D eigenvalue weighted by Gasteiger charge is 2.18. The summed E-state index contributed by atoms with van der Waals surface area (Å²) in [5.41, 5.74) is 5.84. The lowest BCUT2D eigenvalue weighted by Gasteiger charge is -2.04. The number of nitrogens with zero attached hydrogens (tertiary/aromatic N) is 4. The fraction of sp³-hybridized carbons (Fsp3) is 0.111. The molecule has 2 rings (SSSR count). The SMILES string of the molecule is Cc1nc(N)n(-c2ccc(Br)cc2[N+](=O)[O-])n1. The summed E-state index contributed by atoms with van der Waals surface area (Å²) in [6.07, 6.45) is 0. The van der Waals surface area contributed by atoms with Crippen LogP contribution >= 0.6 is 15.9 Å². The van der Waals surface area contributed by atoms with Crippen LogP contribution in [0.25, 0.3) is 5.69 Å². The van der Waals surface area contributed by atoms with E-state index in [9.17, 15) is 10.1 Å². The Morgan fingerprint density at radius 1 is 1.53 bits per heavy atom. The Morgan fingerprint density at radius 3 is 2.76 bits per heavy atom. The first kappa shape index (κ1) is 11.5. The highest BCUT2D eigenvalue weighted by molar-refractivity contribution is 9.10. The van der Waals surface area contributed by atoms with Gasteiger partial charge >= 0.3 is 0 Å². The van der Waals surface area contributed by atoms with Gasteiger partial charge in [-0.15, -0.1) is 5.10 Å². The van der Waals surface area contributed by atoms with Crippen LogP contribution in [0.2, 0.25) is 0 Å². The third-order valence-corrected chi connectivity index (χ3v) is 2.59. The van der Waals surface area contributed by atoms with Gasteiger partial charge < -0.3 is 5.73 Å². The molecule has 1 heterocycles. The van der Waals surface area contributed by atoms with E-state index in [0.717, 1.165) is 0 Å². The minimum Gasteiger partial charge on any atom is -0.368 e. The van der Waals surface area contributed by atoms with Gasteiger partial charge in [-0.05, 0) is 19.1 Å². The highest BCUT2D eigenvalue weighted by atomic mass is 79.9. The molecule has 0 saturated carbocycles. The van der Waals surface area contributed by atoms with E-state index in [4.69, 9.17) is 5.73 Å². The van der Waals surface area contributed by atoms with Crippen molar-refractivity contribution in [2.75, 3.05) is 5.73 Å². The summed E-state index contributed by atoms with van der Waals surface area (Å²) < 4.78 is 1.86. The molecule has 8 heteroatoms. The van der Waals surface area contributed by atoms with Gasteiger partial charge in [0.1, 0.15) is 11.5 Å². The summed E-state index contributed by atoms with van der Waals surface area (Å²) in [4.78, 5) is 14.4. The lowest BCUT2D eigenvalue weighted by molar-refractivity contribution is -0.384. The Hall–Kier alpha value is -1.96. The summed E-state index contributed by atoms with van der Waals surface area (Å²) in [6.45, 7) is 1.66. The van der Waals surface area contributed by atoms with Gasteiger partial charge in [-0.3, -0.25) is 10.1 Å². The molecule has 0 atom stereocenters. The van der Waals surface area contributed by atoms with Crippen LogP contribution in [0.3, 0.4) is 0 Å². The molecule has 0 amide bonds. The standard InChI is InChI=1S/C9H8BrN5O2/c1-5-12-9(11)14(13-5)7-3-2-6(10)4-8(7)15(16)17/h2-4H,1H3,(H2,11,12,13). The first-order valence-corrected chi connectivity index (χ1v) is 5.42. The van der Waals surface area contributed by atoms with Crippen LogP contribution in [0.4, 0.5) is 11.6 Å². The van der Waals surface area contributed by atoms with E-state index in [2.05, 4.69) is 26.0 Å². The summed E-state index contributed by atoms with van der Waals surface area (Å²) in [5.74, 6) is 0.577.